The molecule has 0 aliphatic carbocycles. The third-order valence-electron chi connectivity index (χ3n) is 3.38. The van der Waals surface area contributed by atoms with Crippen molar-refractivity contribution in [3.05, 3.63) is 23.8 Å². The number of aromatic hydroxyl groups is 2. The quantitative estimate of drug-likeness (QED) is 0.585. The molecule has 0 spiro atoms. The lowest BCUT2D eigenvalue weighted by Crippen LogP contribution is -2.45. The van der Waals surface area contributed by atoms with Gasteiger partial charge in [-0.05, 0) is 24.1 Å². The van der Waals surface area contributed by atoms with Crippen LogP contribution in [0.25, 0.3) is 0 Å². The van der Waals surface area contributed by atoms with Crippen molar-refractivity contribution in [1.29, 1.82) is 0 Å². The number of piperazine rings is 1. The van der Waals surface area contributed by atoms with Crippen LogP contribution in [0.4, 0.5) is 0 Å². The Balaban J connectivity index is 2.19. The Hall–Kier alpha value is -1.30. The maximum Gasteiger partial charge on any atom is 0.157 e. The number of phenolic OH excluding ortho intramolecular Hbond substituents is 2. The minimum Gasteiger partial charge on any atom is -0.504 e. The average Bonchev–Trinajstić information content (AvgIpc) is 2.40. The number of nitrogens with one attached hydrogen (secondary N) is 1. The maximum atomic E-state index is 9.57. The van der Waals surface area contributed by atoms with Gasteiger partial charge in [0.15, 0.2) is 11.5 Å². The first-order valence-electron chi connectivity index (χ1n) is 6.30. The summed E-state index contributed by atoms with van der Waals surface area (Å²) in [6.07, 6.45) is 0.629. The summed E-state index contributed by atoms with van der Waals surface area (Å²) in [5.41, 5.74) is 0.932. The molecule has 0 bridgehead atoms. The number of rotatable bonds is 4. The summed E-state index contributed by atoms with van der Waals surface area (Å²) in [7, 11) is 0. The minimum atomic E-state index is -0.109. The summed E-state index contributed by atoms with van der Waals surface area (Å²) < 4.78 is 0. The van der Waals surface area contributed by atoms with Crippen LogP contribution in [0.5, 0.6) is 11.5 Å². The van der Waals surface area contributed by atoms with Gasteiger partial charge in [0.05, 0.1) is 0 Å². The van der Waals surface area contributed by atoms with Crippen LogP contribution in [0.3, 0.4) is 0 Å². The summed E-state index contributed by atoms with van der Waals surface area (Å²) in [6.45, 7) is 3.83. The molecule has 0 unspecified atom stereocenters. The normalized spacial score (nSPS) is 18.7. The minimum absolute atomic E-state index is 0.0867. The number of aliphatic hydroxyl groups is 1. The highest BCUT2D eigenvalue weighted by Gasteiger charge is 2.22. The molecule has 0 amide bonds. The lowest BCUT2D eigenvalue weighted by atomic mass is 10.0. The van der Waals surface area contributed by atoms with Crippen molar-refractivity contribution in [3.63, 3.8) is 0 Å². The van der Waals surface area contributed by atoms with Crippen molar-refractivity contribution in [2.45, 2.75) is 12.5 Å². The van der Waals surface area contributed by atoms with Gasteiger partial charge < -0.3 is 20.6 Å². The van der Waals surface area contributed by atoms with Crippen LogP contribution in [-0.2, 0) is 0 Å². The second-order valence-corrected chi connectivity index (χ2v) is 4.56. The molecule has 1 heterocycles. The monoisotopic (exact) mass is 252 g/mol. The number of nitrogens with zero attached hydrogens (tertiary/aromatic N) is 1. The zero-order valence-corrected chi connectivity index (χ0v) is 10.3. The number of hydrogen-bond acceptors (Lipinski definition) is 5. The third kappa shape index (κ3) is 2.93. The van der Waals surface area contributed by atoms with E-state index >= 15 is 0 Å². The van der Waals surface area contributed by atoms with Gasteiger partial charge in [-0.25, -0.2) is 0 Å². The maximum absolute atomic E-state index is 9.57. The van der Waals surface area contributed by atoms with Crippen LogP contribution >= 0.6 is 0 Å². The predicted octanol–water partition coefficient (Wildman–Crippen LogP) is 0.426. The van der Waals surface area contributed by atoms with Crippen LogP contribution in [0, 0.1) is 0 Å². The molecule has 1 aromatic rings. The Kier molecular flexibility index (Phi) is 4.41. The molecule has 4 N–H and O–H groups in total. The van der Waals surface area contributed by atoms with E-state index in [0.717, 1.165) is 31.7 Å². The highest BCUT2D eigenvalue weighted by molar-refractivity contribution is 5.41. The Morgan fingerprint density at radius 3 is 2.50 bits per heavy atom. The van der Waals surface area contributed by atoms with Gasteiger partial charge in [-0.2, -0.15) is 0 Å². The Morgan fingerprint density at radius 1 is 1.17 bits per heavy atom. The highest BCUT2D eigenvalue weighted by atomic mass is 16.3. The van der Waals surface area contributed by atoms with Gasteiger partial charge in [-0.1, -0.05) is 6.07 Å². The van der Waals surface area contributed by atoms with Crippen molar-refractivity contribution < 1.29 is 15.3 Å². The molecule has 0 radical (unpaired) electrons. The second-order valence-electron chi connectivity index (χ2n) is 4.56. The Labute approximate surface area is 107 Å². The second kappa shape index (κ2) is 6.04. The molecule has 5 nitrogen and oxygen atoms in total. The largest absolute Gasteiger partial charge is 0.504 e. The first-order valence-corrected chi connectivity index (χ1v) is 6.30. The van der Waals surface area contributed by atoms with E-state index in [1.165, 1.54) is 6.07 Å². The van der Waals surface area contributed by atoms with Gasteiger partial charge in [-0.15, -0.1) is 0 Å². The van der Waals surface area contributed by atoms with Gasteiger partial charge in [-0.3, -0.25) is 4.90 Å². The van der Waals surface area contributed by atoms with Gasteiger partial charge in [0.1, 0.15) is 0 Å². The summed E-state index contributed by atoms with van der Waals surface area (Å²) in [5.74, 6) is -0.215. The zero-order valence-electron chi connectivity index (χ0n) is 10.3. The lowest BCUT2D eigenvalue weighted by molar-refractivity contribution is 0.141. The lowest BCUT2D eigenvalue weighted by Gasteiger charge is -2.35. The molecular weight excluding hydrogens is 232 g/mol. The molecule has 2 rings (SSSR count). The van der Waals surface area contributed by atoms with E-state index in [4.69, 9.17) is 0 Å². The predicted molar refractivity (Wildman–Crippen MR) is 68.7 cm³/mol. The smallest absolute Gasteiger partial charge is 0.157 e. The van der Waals surface area contributed by atoms with E-state index in [1.807, 2.05) is 0 Å². The molecule has 1 saturated heterocycles. The van der Waals surface area contributed by atoms with E-state index < -0.39 is 0 Å². The molecule has 0 saturated carbocycles. The fraction of sp³-hybridized carbons (Fsp3) is 0.538. The van der Waals surface area contributed by atoms with E-state index in [9.17, 15) is 15.3 Å². The van der Waals surface area contributed by atoms with E-state index in [2.05, 4.69) is 10.2 Å². The van der Waals surface area contributed by atoms with Crippen molar-refractivity contribution in [1.82, 2.24) is 10.2 Å². The van der Waals surface area contributed by atoms with Crippen molar-refractivity contribution in [2.75, 3.05) is 32.8 Å². The molecule has 1 fully saturated rings. The van der Waals surface area contributed by atoms with E-state index in [-0.39, 0.29) is 24.1 Å². The molecule has 1 aliphatic heterocycles. The first kappa shape index (κ1) is 13.1. The Bertz CT molecular complexity index is 392. The van der Waals surface area contributed by atoms with Crippen LogP contribution in [0.2, 0.25) is 0 Å². The molecule has 5 heteroatoms. The molecule has 100 valence electrons. The van der Waals surface area contributed by atoms with Crippen LogP contribution in [0.15, 0.2) is 18.2 Å². The number of hydrogen-bond donors (Lipinski definition) is 4. The van der Waals surface area contributed by atoms with Crippen molar-refractivity contribution in [2.24, 2.45) is 0 Å². The van der Waals surface area contributed by atoms with E-state index in [0.29, 0.717) is 6.42 Å². The van der Waals surface area contributed by atoms with Gasteiger partial charge in [0.25, 0.3) is 0 Å². The van der Waals surface area contributed by atoms with Gasteiger partial charge in [0.2, 0.25) is 0 Å². The number of phenols is 2. The molecular formula is C13H20N2O3. The first-order chi connectivity index (χ1) is 8.72. The number of benzene rings is 1. The summed E-state index contributed by atoms with van der Waals surface area (Å²) in [5, 5.41) is 31.4. The highest BCUT2D eigenvalue weighted by Crippen LogP contribution is 2.31. The fourth-order valence-electron chi connectivity index (χ4n) is 2.42. The van der Waals surface area contributed by atoms with Crippen molar-refractivity contribution >= 4 is 0 Å². The van der Waals surface area contributed by atoms with E-state index in [1.54, 1.807) is 12.1 Å². The molecule has 1 atom stereocenters. The van der Waals surface area contributed by atoms with Crippen molar-refractivity contribution in [3.8, 4) is 11.5 Å². The van der Waals surface area contributed by atoms with Crippen LogP contribution in [-0.4, -0.2) is 53.0 Å². The molecule has 1 aromatic carbocycles. The van der Waals surface area contributed by atoms with Crippen LogP contribution < -0.4 is 5.32 Å². The third-order valence-corrected chi connectivity index (χ3v) is 3.38. The Morgan fingerprint density at radius 2 is 1.89 bits per heavy atom. The molecule has 0 aromatic heterocycles. The standard InChI is InChI=1S/C13H20N2O3/c16-8-3-11(15-6-4-14-5-7-15)10-1-2-12(17)13(18)9-10/h1-2,9,11,14,16-18H,3-8H2/t11-/m0/s1. The average molecular weight is 252 g/mol. The summed E-state index contributed by atoms with van der Waals surface area (Å²) >= 11 is 0. The zero-order chi connectivity index (χ0) is 13.0. The SMILES string of the molecule is OCC[C@@H](c1ccc(O)c(O)c1)N1CCNCC1. The summed E-state index contributed by atoms with van der Waals surface area (Å²) in [6, 6.07) is 4.97. The molecule has 1 aliphatic rings. The van der Waals surface area contributed by atoms with Gasteiger partial charge >= 0.3 is 0 Å². The van der Waals surface area contributed by atoms with Crippen LogP contribution in [0.1, 0.15) is 18.0 Å². The summed E-state index contributed by atoms with van der Waals surface area (Å²) in [4.78, 5) is 2.29. The van der Waals surface area contributed by atoms with Gasteiger partial charge in [0, 0.05) is 38.8 Å². The topological polar surface area (TPSA) is 76.0 Å². The number of aliphatic hydroxyl groups excluding tert-OH is 1. The molecule has 18 heavy (non-hydrogen) atoms. The fourth-order valence-corrected chi connectivity index (χ4v) is 2.42.